The molecule has 0 atom stereocenters. The van der Waals surface area contributed by atoms with Gasteiger partial charge in [-0.05, 0) is 54.8 Å². The second kappa shape index (κ2) is 9.65. The first-order valence-corrected chi connectivity index (χ1v) is 11.4. The van der Waals surface area contributed by atoms with Crippen molar-refractivity contribution in [3.05, 3.63) is 71.0 Å². The summed E-state index contributed by atoms with van der Waals surface area (Å²) >= 11 is 6.19. The Morgan fingerprint density at radius 2 is 1.81 bits per heavy atom. The molecule has 6 nitrogen and oxygen atoms in total. The van der Waals surface area contributed by atoms with Gasteiger partial charge in [0.25, 0.3) is 5.91 Å². The van der Waals surface area contributed by atoms with Gasteiger partial charge < -0.3 is 14.5 Å². The highest BCUT2D eigenvalue weighted by Gasteiger charge is 2.26. The fraction of sp³-hybridized carbons (Fsp3) is 0.360. The van der Waals surface area contributed by atoms with Crippen molar-refractivity contribution in [2.75, 3.05) is 38.2 Å². The van der Waals surface area contributed by atoms with Gasteiger partial charge in [-0.25, -0.2) is 4.68 Å². The van der Waals surface area contributed by atoms with Gasteiger partial charge in [-0.2, -0.15) is 5.10 Å². The van der Waals surface area contributed by atoms with Crippen molar-refractivity contribution in [2.45, 2.75) is 26.2 Å². The number of aromatic nitrogens is 2. The van der Waals surface area contributed by atoms with Gasteiger partial charge in [0, 0.05) is 36.9 Å². The summed E-state index contributed by atoms with van der Waals surface area (Å²) < 4.78 is 7.10. The van der Waals surface area contributed by atoms with E-state index in [1.165, 1.54) is 0 Å². The Bertz CT molecular complexity index is 1080. The molecule has 0 N–H and O–H groups in total. The molecule has 3 aromatic rings. The van der Waals surface area contributed by atoms with Crippen LogP contribution in [0.4, 0.5) is 5.69 Å². The molecule has 4 rings (SSSR count). The largest absolute Gasteiger partial charge is 0.497 e. The third kappa shape index (κ3) is 4.60. The number of benzene rings is 2. The first-order chi connectivity index (χ1) is 15.5. The molecule has 168 valence electrons. The van der Waals surface area contributed by atoms with Crippen molar-refractivity contribution in [3.63, 3.8) is 0 Å². The summed E-state index contributed by atoms with van der Waals surface area (Å²) in [6.07, 6.45) is 2.61. The van der Waals surface area contributed by atoms with E-state index in [1.807, 2.05) is 46.0 Å². The maximum absolute atomic E-state index is 13.5. The molecule has 0 spiro atoms. The highest BCUT2D eigenvalue weighted by atomic mass is 35.5. The number of hydrogen-bond acceptors (Lipinski definition) is 4. The second-order valence-electron chi connectivity index (χ2n) is 8.32. The van der Waals surface area contributed by atoms with Gasteiger partial charge in [0.1, 0.15) is 5.75 Å². The molecule has 1 aliphatic heterocycles. The third-order valence-electron chi connectivity index (χ3n) is 5.86. The fourth-order valence-corrected chi connectivity index (χ4v) is 4.42. The number of carbonyl (C=O) groups is 1. The maximum atomic E-state index is 13.5. The molecule has 32 heavy (non-hydrogen) atoms. The van der Waals surface area contributed by atoms with Crippen LogP contribution in [0.1, 0.15) is 42.2 Å². The third-order valence-corrected chi connectivity index (χ3v) is 6.09. The molecule has 1 aliphatic rings. The van der Waals surface area contributed by atoms with E-state index < -0.39 is 0 Å². The predicted octanol–water partition coefficient (Wildman–Crippen LogP) is 5.01. The molecule has 2 aromatic carbocycles. The molecule has 7 heteroatoms. The van der Waals surface area contributed by atoms with Gasteiger partial charge in [0.15, 0.2) is 0 Å². The summed E-state index contributed by atoms with van der Waals surface area (Å²) in [5, 5.41) is 5.20. The van der Waals surface area contributed by atoms with Crippen LogP contribution in [0, 0.1) is 0 Å². The quantitative estimate of drug-likeness (QED) is 0.546. The number of nitrogens with zero attached hydrogens (tertiary/aromatic N) is 4. The summed E-state index contributed by atoms with van der Waals surface area (Å²) in [5.41, 5.74) is 3.59. The Morgan fingerprint density at radius 1 is 1.03 bits per heavy atom. The molecular formula is C25H29ClN4O2. The molecule has 0 bridgehead atoms. The zero-order valence-electron chi connectivity index (χ0n) is 18.8. The number of carbonyl (C=O) groups excluding carboxylic acids is 1. The predicted molar refractivity (Wildman–Crippen MR) is 128 cm³/mol. The summed E-state index contributed by atoms with van der Waals surface area (Å²) in [6, 6.07) is 15.6. The summed E-state index contributed by atoms with van der Waals surface area (Å²) in [6.45, 7) is 7.27. The molecule has 0 aliphatic carbocycles. The number of methoxy groups -OCH3 is 1. The van der Waals surface area contributed by atoms with Crippen LogP contribution in [0.2, 0.25) is 5.02 Å². The summed E-state index contributed by atoms with van der Waals surface area (Å²) in [5.74, 6) is 1.02. The molecular weight excluding hydrogens is 424 g/mol. The van der Waals surface area contributed by atoms with Crippen molar-refractivity contribution in [1.82, 2.24) is 14.7 Å². The Balaban J connectivity index is 1.54. The van der Waals surface area contributed by atoms with E-state index in [-0.39, 0.29) is 11.8 Å². The smallest absolute Gasteiger partial charge is 0.257 e. The van der Waals surface area contributed by atoms with Gasteiger partial charge in [0.2, 0.25) is 0 Å². The zero-order chi connectivity index (χ0) is 22.7. The lowest BCUT2D eigenvalue weighted by Gasteiger charge is -2.24. The molecule has 1 saturated heterocycles. The van der Waals surface area contributed by atoms with E-state index in [0.717, 1.165) is 48.9 Å². The normalized spacial score (nSPS) is 14.5. The van der Waals surface area contributed by atoms with Gasteiger partial charge >= 0.3 is 0 Å². The van der Waals surface area contributed by atoms with Gasteiger partial charge in [0.05, 0.1) is 30.3 Å². The average molecular weight is 453 g/mol. The van der Waals surface area contributed by atoms with E-state index in [2.05, 4.69) is 36.0 Å². The monoisotopic (exact) mass is 452 g/mol. The molecule has 0 saturated carbocycles. The van der Waals surface area contributed by atoms with Crippen LogP contribution in [-0.2, 0) is 0 Å². The first-order valence-electron chi connectivity index (χ1n) is 11.0. The van der Waals surface area contributed by atoms with Crippen LogP contribution in [-0.4, -0.2) is 53.9 Å². The van der Waals surface area contributed by atoms with Crippen LogP contribution >= 0.6 is 11.6 Å². The van der Waals surface area contributed by atoms with E-state index >= 15 is 0 Å². The number of halogens is 1. The minimum absolute atomic E-state index is 0.0403. The van der Waals surface area contributed by atoms with Crippen molar-refractivity contribution in [2.24, 2.45) is 0 Å². The first kappa shape index (κ1) is 22.2. The molecule has 0 unspecified atom stereocenters. The Kier molecular flexibility index (Phi) is 6.70. The number of hydrogen-bond donors (Lipinski definition) is 0. The van der Waals surface area contributed by atoms with Crippen LogP contribution in [0.3, 0.4) is 0 Å². The van der Waals surface area contributed by atoms with Crippen LogP contribution in [0.15, 0.2) is 54.7 Å². The van der Waals surface area contributed by atoms with E-state index in [9.17, 15) is 4.79 Å². The average Bonchev–Trinajstić information content (AvgIpc) is 3.10. The van der Waals surface area contributed by atoms with E-state index in [1.54, 1.807) is 13.3 Å². The Morgan fingerprint density at radius 3 is 2.50 bits per heavy atom. The van der Waals surface area contributed by atoms with Gasteiger partial charge in [-0.1, -0.05) is 31.5 Å². The topological polar surface area (TPSA) is 50.6 Å². The maximum Gasteiger partial charge on any atom is 0.257 e. The lowest BCUT2D eigenvalue weighted by molar-refractivity contribution is 0.0765. The molecule has 1 amide bonds. The van der Waals surface area contributed by atoms with E-state index in [0.29, 0.717) is 17.1 Å². The molecule has 2 heterocycles. The molecule has 0 radical (unpaired) electrons. The highest BCUT2D eigenvalue weighted by Crippen LogP contribution is 2.26. The van der Waals surface area contributed by atoms with Crippen LogP contribution in [0.25, 0.3) is 5.69 Å². The Hall–Kier alpha value is -2.99. The minimum atomic E-state index is 0.0403. The van der Waals surface area contributed by atoms with Crippen LogP contribution < -0.4 is 9.64 Å². The number of ether oxygens (including phenoxy) is 1. The van der Waals surface area contributed by atoms with Crippen molar-refractivity contribution >= 4 is 23.2 Å². The van der Waals surface area contributed by atoms with Crippen molar-refractivity contribution in [1.29, 1.82) is 0 Å². The standard InChI is InChI=1S/C25H29ClN4O2/c1-18(2)24-23(17-27-30(24)21-7-4-6-19(26)16-21)25(31)29-13-5-12-28(14-15-29)20-8-10-22(32-3)11-9-20/h4,6-11,16-18H,5,12-15H2,1-3H3. The summed E-state index contributed by atoms with van der Waals surface area (Å²) in [7, 11) is 1.67. The highest BCUT2D eigenvalue weighted by molar-refractivity contribution is 6.30. The molecule has 1 fully saturated rings. The van der Waals surface area contributed by atoms with Gasteiger partial charge in [-0.15, -0.1) is 0 Å². The second-order valence-corrected chi connectivity index (χ2v) is 8.76. The fourth-order valence-electron chi connectivity index (χ4n) is 4.23. The Labute approximate surface area is 194 Å². The lowest BCUT2D eigenvalue weighted by atomic mass is 10.0. The van der Waals surface area contributed by atoms with Gasteiger partial charge in [-0.3, -0.25) is 4.79 Å². The SMILES string of the molecule is COc1ccc(N2CCCN(C(=O)c3cnn(-c4cccc(Cl)c4)c3C(C)C)CC2)cc1. The van der Waals surface area contributed by atoms with E-state index in [4.69, 9.17) is 16.3 Å². The lowest BCUT2D eigenvalue weighted by Crippen LogP contribution is -2.35. The van der Waals surface area contributed by atoms with Crippen molar-refractivity contribution in [3.8, 4) is 11.4 Å². The number of anilines is 1. The number of amides is 1. The number of rotatable bonds is 5. The minimum Gasteiger partial charge on any atom is -0.497 e. The summed E-state index contributed by atoms with van der Waals surface area (Å²) in [4.78, 5) is 17.8. The van der Waals surface area contributed by atoms with Crippen molar-refractivity contribution < 1.29 is 9.53 Å². The van der Waals surface area contributed by atoms with Crippen LogP contribution in [0.5, 0.6) is 5.75 Å². The molecule has 1 aromatic heterocycles. The zero-order valence-corrected chi connectivity index (χ0v) is 19.5.